The van der Waals surface area contributed by atoms with Gasteiger partial charge >= 0.3 is 0 Å². The number of para-hydroxylation sites is 2. The van der Waals surface area contributed by atoms with E-state index in [2.05, 4.69) is 37.0 Å². The maximum absolute atomic E-state index is 13.0. The topological polar surface area (TPSA) is 63.4 Å². The maximum Gasteiger partial charge on any atom is 0.237 e. The first-order chi connectivity index (χ1) is 14.4. The molecule has 2 aromatic carbocycles. The van der Waals surface area contributed by atoms with Gasteiger partial charge in [-0.3, -0.25) is 9.20 Å². The molecule has 0 bridgehead atoms. The van der Waals surface area contributed by atoms with Crippen LogP contribution in [0.2, 0.25) is 0 Å². The Morgan fingerprint density at radius 2 is 1.83 bits per heavy atom. The van der Waals surface area contributed by atoms with Crippen molar-refractivity contribution in [3.05, 3.63) is 59.9 Å². The average Bonchev–Trinajstić information content (AvgIpc) is 3.35. The highest BCUT2D eigenvalue weighted by Gasteiger charge is 2.27. The van der Waals surface area contributed by atoms with Gasteiger partial charge in [-0.05, 0) is 30.2 Å². The predicted molar refractivity (Wildman–Crippen MR) is 120 cm³/mol. The molecule has 1 aliphatic rings. The molecule has 30 heavy (non-hydrogen) atoms. The van der Waals surface area contributed by atoms with Crippen molar-refractivity contribution >= 4 is 39.9 Å². The second-order valence-corrected chi connectivity index (χ2v) is 9.50. The van der Waals surface area contributed by atoms with Gasteiger partial charge in [0.15, 0.2) is 10.8 Å². The van der Waals surface area contributed by atoms with Gasteiger partial charge in [-0.2, -0.15) is 0 Å². The number of benzene rings is 2. The highest BCUT2D eigenvalue weighted by molar-refractivity contribution is 7.99. The van der Waals surface area contributed by atoms with Crippen LogP contribution in [-0.4, -0.2) is 37.8 Å². The van der Waals surface area contributed by atoms with E-state index in [4.69, 9.17) is 4.98 Å². The molecule has 152 valence electrons. The van der Waals surface area contributed by atoms with Crippen molar-refractivity contribution in [2.75, 3.05) is 17.2 Å². The molecule has 0 aliphatic carbocycles. The molecule has 0 saturated heterocycles. The number of nitrogens with zero attached hydrogens (tertiary/aromatic N) is 5. The quantitative estimate of drug-likeness (QED) is 0.466. The molecular weight excluding hydrogens is 394 g/mol. The number of aromatic nitrogens is 4. The number of anilines is 1. The summed E-state index contributed by atoms with van der Waals surface area (Å²) in [6, 6.07) is 16.1. The van der Waals surface area contributed by atoms with E-state index >= 15 is 0 Å². The summed E-state index contributed by atoms with van der Waals surface area (Å²) in [5, 5.41) is 10.6. The number of carbonyl (C=O) groups is 1. The molecule has 6 nitrogen and oxygen atoms in total. The molecule has 0 atom stereocenters. The molecule has 0 radical (unpaired) electrons. The van der Waals surface area contributed by atoms with Crippen molar-refractivity contribution in [3.63, 3.8) is 0 Å². The Labute approximate surface area is 179 Å². The van der Waals surface area contributed by atoms with Crippen molar-refractivity contribution in [2.45, 2.75) is 37.8 Å². The molecule has 1 amide bonds. The van der Waals surface area contributed by atoms with Crippen LogP contribution in [0.3, 0.4) is 0 Å². The van der Waals surface area contributed by atoms with Gasteiger partial charge < -0.3 is 4.90 Å². The van der Waals surface area contributed by atoms with Gasteiger partial charge in [0, 0.05) is 23.0 Å². The number of hydrogen-bond acceptors (Lipinski definition) is 5. The highest BCUT2D eigenvalue weighted by Crippen LogP contribution is 2.31. The van der Waals surface area contributed by atoms with Crippen LogP contribution in [0.15, 0.2) is 53.7 Å². The van der Waals surface area contributed by atoms with Crippen LogP contribution in [0.5, 0.6) is 0 Å². The normalized spacial score (nSPS) is 13.9. The molecule has 1 aliphatic heterocycles. The number of amides is 1. The zero-order valence-electron chi connectivity index (χ0n) is 17.3. The van der Waals surface area contributed by atoms with Gasteiger partial charge in [0.05, 0.1) is 11.3 Å². The number of carbonyl (C=O) groups excluding carboxylic acids is 1. The monoisotopic (exact) mass is 417 g/mol. The Morgan fingerprint density at radius 1 is 1.07 bits per heavy atom. The van der Waals surface area contributed by atoms with E-state index in [0.717, 1.165) is 41.0 Å². The van der Waals surface area contributed by atoms with Gasteiger partial charge in [-0.25, -0.2) is 4.98 Å². The minimum Gasteiger partial charge on any atom is -0.311 e. The summed E-state index contributed by atoms with van der Waals surface area (Å²) in [6.07, 6.45) is 0.907. The average molecular weight is 418 g/mol. The van der Waals surface area contributed by atoms with Gasteiger partial charge in [0.25, 0.3) is 0 Å². The van der Waals surface area contributed by atoms with Crippen molar-refractivity contribution in [1.82, 2.24) is 19.6 Å². The summed E-state index contributed by atoms with van der Waals surface area (Å²) in [5.74, 6) is 1.29. The van der Waals surface area contributed by atoms with Crippen LogP contribution >= 0.6 is 11.8 Å². The number of hydrogen-bond donors (Lipinski definition) is 0. The van der Waals surface area contributed by atoms with Crippen LogP contribution in [-0.2, 0) is 16.6 Å². The lowest BCUT2D eigenvalue weighted by Crippen LogP contribution is -2.30. The Hall–Kier alpha value is -2.93. The van der Waals surface area contributed by atoms with E-state index in [1.165, 1.54) is 17.3 Å². The lowest BCUT2D eigenvalue weighted by atomic mass is 9.95. The standard InChI is InChI=1S/C23H23N5OS/c1-23(2,3)21-24-17-10-6-5-9-16(17)20-25-26-22(28(20)21)30-14-19(29)27-13-12-15-8-4-7-11-18(15)27/h4-11H,12-14H2,1-3H3. The molecule has 2 aromatic heterocycles. The Morgan fingerprint density at radius 3 is 2.67 bits per heavy atom. The zero-order chi connectivity index (χ0) is 20.9. The van der Waals surface area contributed by atoms with E-state index in [1.807, 2.05) is 51.8 Å². The zero-order valence-corrected chi connectivity index (χ0v) is 18.1. The minimum absolute atomic E-state index is 0.0905. The van der Waals surface area contributed by atoms with Crippen molar-refractivity contribution in [1.29, 1.82) is 0 Å². The minimum atomic E-state index is -0.197. The fourth-order valence-electron chi connectivity index (χ4n) is 3.96. The second kappa shape index (κ2) is 7.09. The number of thioether (sulfide) groups is 1. The Balaban J connectivity index is 1.50. The van der Waals surface area contributed by atoms with Crippen LogP contribution in [0.1, 0.15) is 32.2 Å². The van der Waals surface area contributed by atoms with Gasteiger partial charge in [-0.15, -0.1) is 10.2 Å². The SMILES string of the molecule is CC(C)(C)c1nc2ccccc2c2nnc(SCC(=O)N3CCc4ccccc43)n12. The van der Waals surface area contributed by atoms with Crippen molar-refractivity contribution in [2.24, 2.45) is 0 Å². The van der Waals surface area contributed by atoms with Gasteiger partial charge in [0.2, 0.25) is 5.91 Å². The van der Waals surface area contributed by atoms with Crippen LogP contribution < -0.4 is 4.90 Å². The van der Waals surface area contributed by atoms with Crippen LogP contribution in [0, 0.1) is 0 Å². The summed E-state index contributed by atoms with van der Waals surface area (Å²) >= 11 is 1.42. The highest BCUT2D eigenvalue weighted by atomic mass is 32.2. The Bertz CT molecular complexity index is 1270. The summed E-state index contributed by atoms with van der Waals surface area (Å²) in [5.41, 5.74) is 3.75. The van der Waals surface area contributed by atoms with Crippen LogP contribution in [0.4, 0.5) is 5.69 Å². The molecule has 0 saturated carbocycles. The first kappa shape index (κ1) is 19.1. The van der Waals surface area contributed by atoms with E-state index in [-0.39, 0.29) is 11.3 Å². The smallest absolute Gasteiger partial charge is 0.237 e. The molecule has 7 heteroatoms. The molecule has 0 fully saturated rings. The molecule has 0 spiro atoms. The lowest BCUT2D eigenvalue weighted by Gasteiger charge is -2.21. The van der Waals surface area contributed by atoms with Gasteiger partial charge in [0.1, 0.15) is 5.82 Å². The molecule has 3 heterocycles. The second-order valence-electron chi connectivity index (χ2n) is 8.56. The molecule has 5 rings (SSSR count). The molecule has 0 unspecified atom stereocenters. The summed E-state index contributed by atoms with van der Waals surface area (Å²) < 4.78 is 2.01. The Kier molecular flexibility index (Phi) is 4.50. The fraction of sp³-hybridized carbons (Fsp3) is 0.304. The molecule has 0 N–H and O–H groups in total. The lowest BCUT2D eigenvalue weighted by molar-refractivity contribution is -0.116. The van der Waals surface area contributed by atoms with E-state index in [0.29, 0.717) is 10.9 Å². The molecule has 4 aromatic rings. The maximum atomic E-state index is 13.0. The molecular formula is C23H23N5OS. The van der Waals surface area contributed by atoms with E-state index < -0.39 is 0 Å². The predicted octanol–water partition coefficient (Wildman–Crippen LogP) is 4.26. The van der Waals surface area contributed by atoms with Crippen LogP contribution in [0.25, 0.3) is 16.6 Å². The van der Waals surface area contributed by atoms with Gasteiger partial charge in [-0.1, -0.05) is 62.9 Å². The summed E-state index contributed by atoms with van der Waals surface area (Å²) in [4.78, 5) is 19.8. The van der Waals surface area contributed by atoms with E-state index in [1.54, 1.807) is 0 Å². The number of fused-ring (bicyclic) bond motifs is 4. The first-order valence-electron chi connectivity index (χ1n) is 10.1. The third kappa shape index (κ3) is 3.13. The largest absolute Gasteiger partial charge is 0.311 e. The van der Waals surface area contributed by atoms with E-state index in [9.17, 15) is 4.79 Å². The summed E-state index contributed by atoms with van der Waals surface area (Å²) in [7, 11) is 0. The fourth-order valence-corrected chi connectivity index (χ4v) is 4.77. The van der Waals surface area contributed by atoms with Crippen molar-refractivity contribution in [3.8, 4) is 0 Å². The third-order valence-corrected chi connectivity index (χ3v) is 6.31. The van der Waals surface area contributed by atoms with Crippen molar-refractivity contribution < 1.29 is 4.79 Å². The summed E-state index contributed by atoms with van der Waals surface area (Å²) in [6.45, 7) is 7.12. The first-order valence-corrected chi connectivity index (χ1v) is 11.1. The number of rotatable bonds is 3. The third-order valence-electron chi connectivity index (χ3n) is 5.40.